The van der Waals surface area contributed by atoms with Crippen LogP contribution in [0.5, 0.6) is 0 Å². The predicted molar refractivity (Wildman–Crippen MR) is 113 cm³/mol. The van der Waals surface area contributed by atoms with Crippen molar-refractivity contribution in [2.24, 2.45) is 0 Å². The first-order chi connectivity index (χ1) is 13.3. The molecule has 0 fully saturated rings. The number of aromatic nitrogens is 1. The van der Waals surface area contributed by atoms with Crippen LogP contribution in [-0.2, 0) is 21.2 Å². The summed E-state index contributed by atoms with van der Waals surface area (Å²) in [5.74, 6) is -0.328. The Morgan fingerprint density at radius 2 is 1.89 bits per heavy atom. The minimum absolute atomic E-state index is 0.239. The molecule has 148 valence electrons. The second kappa shape index (κ2) is 8.06. The first-order valence-corrected chi connectivity index (χ1v) is 11.0. The van der Waals surface area contributed by atoms with Gasteiger partial charge in [-0.15, -0.1) is 0 Å². The van der Waals surface area contributed by atoms with Crippen LogP contribution in [0, 0.1) is 13.8 Å². The Kier molecular flexibility index (Phi) is 5.74. The Morgan fingerprint density at radius 1 is 1.14 bits per heavy atom. The van der Waals surface area contributed by atoms with Gasteiger partial charge < -0.3 is 10.3 Å². The molecule has 6 nitrogen and oxygen atoms in total. The van der Waals surface area contributed by atoms with Crippen LogP contribution in [0.4, 0.5) is 5.69 Å². The zero-order valence-electron chi connectivity index (χ0n) is 16.3. The van der Waals surface area contributed by atoms with E-state index in [1.165, 1.54) is 0 Å². The van der Waals surface area contributed by atoms with Gasteiger partial charge in [-0.3, -0.25) is 9.10 Å². The zero-order chi connectivity index (χ0) is 20.3. The third-order valence-corrected chi connectivity index (χ3v) is 5.84. The van der Waals surface area contributed by atoms with Crippen molar-refractivity contribution in [3.05, 3.63) is 65.4 Å². The molecule has 1 heterocycles. The molecule has 0 radical (unpaired) electrons. The summed E-state index contributed by atoms with van der Waals surface area (Å²) in [6.45, 7) is 3.93. The summed E-state index contributed by atoms with van der Waals surface area (Å²) in [7, 11) is -3.58. The average molecular weight is 400 g/mol. The lowest BCUT2D eigenvalue weighted by atomic mass is 10.1. The van der Waals surface area contributed by atoms with Crippen LogP contribution in [0.2, 0.25) is 0 Å². The Labute approximate surface area is 165 Å². The fourth-order valence-corrected chi connectivity index (χ4v) is 4.14. The highest BCUT2D eigenvalue weighted by atomic mass is 32.2. The van der Waals surface area contributed by atoms with Gasteiger partial charge in [0.05, 0.1) is 11.9 Å². The number of nitrogens with zero attached hydrogens (tertiary/aromatic N) is 1. The lowest BCUT2D eigenvalue weighted by molar-refractivity contribution is -0.119. The minimum atomic E-state index is -3.58. The smallest absolute Gasteiger partial charge is 0.240 e. The largest absolute Gasteiger partial charge is 0.361 e. The number of anilines is 1. The van der Waals surface area contributed by atoms with E-state index in [9.17, 15) is 13.2 Å². The summed E-state index contributed by atoms with van der Waals surface area (Å²) in [5, 5.41) is 3.96. The van der Waals surface area contributed by atoms with Crippen molar-refractivity contribution >= 4 is 32.5 Å². The molecule has 0 spiro atoms. The van der Waals surface area contributed by atoms with Crippen LogP contribution in [0.3, 0.4) is 0 Å². The fourth-order valence-electron chi connectivity index (χ4n) is 3.23. The number of aryl methyl sites for hydroxylation is 2. The number of benzene rings is 2. The van der Waals surface area contributed by atoms with E-state index in [-0.39, 0.29) is 12.5 Å². The molecule has 1 amide bonds. The second-order valence-electron chi connectivity index (χ2n) is 7.02. The summed E-state index contributed by atoms with van der Waals surface area (Å²) >= 11 is 0. The molecule has 3 rings (SSSR count). The quantitative estimate of drug-likeness (QED) is 0.641. The van der Waals surface area contributed by atoms with Gasteiger partial charge in [-0.2, -0.15) is 0 Å². The van der Waals surface area contributed by atoms with E-state index >= 15 is 0 Å². The number of para-hydroxylation sites is 1. The molecule has 0 bridgehead atoms. The highest BCUT2D eigenvalue weighted by molar-refractivity contribution is 7.92. The summed E-state index contributed by atoms with van der Waals surface area (Å²) in [4.78, 5) is 15.6. The zero-order valence-corrected chi connectivity index (χ0v) is 17.1. The first kappa shape index (κ1) is 19.9. The highest BCUT2D eigenvalue weighted by Crippen LogP contribution is 2.23. The third kappa shape index (κ3) is 4.54. The molecule has 0 aliphatic rings. The predicted octanol–water partition coefficient (Wildman–Crippen LogP) is 2.91. The monoisotopic (exact) mass is 399 g/mol. The Hall–Kier alpha value is -2.80. The molecular formula is C21H25N3O3S. The molecule has 0 aliphatic carbocycles. The third-order valence-electron chi connectivity index (χ3n) is 4.71. The van der Waals surface area contributed by atoms with Crippen molar-refractivity contribution in [2.45, 2.75) is 20.3 Å². The number of carbonyl (C=O) groups excluding carboxylic acids is 1. The van der Waals surface area contributed by atoms with E-state index in [0.717, 1.165) is 38.2 Å². The second-order valence-corrected chi connectivity index (χ2v) is 8.93. The number of hydrogen-bond donors (Lipinski definition) is 2. The molecular weight excluding hydrogens is 374 g/mol. The van der Waals surface area contributed by atoms with Crippen LogP contribution >= 0.6 is 0 Å². The maximum Gasteiger partial charge on any atom is 0.240 e. The Balaban J connectivity index is 1.67. The lowest BCUT2D eigenvalue weighted by Gasteiger charge is -2.24. The van der Waals surface area contributed by atoms with Crippen LogP contribution < -0.4 is 9.62 Å². The number of H-pyrrole nitrogens is 1. The van der Waals surface area contributed by atoms with Crippen LogP contribution in [0.15, 0.2) is 48.7 Å². The summed E-state index contributed by atoms with van der Waals surface area (Å²) in [6.07, 6.45) is 3.72. The molecule has 28 heavy (non-hydrogen) atoms. The Morgan fingerprint density at radius 3 is 2.64 bits per heavy atom. The van der Waals surface area contributed by atoms with Gasteiger partial charge in [0.1, 0.15) is 6.54 Å². The van der Waals surface area contributed by atoms with E-state index in [1.54, 1.807) is 6.07 Å². The number of sulfonamides is 1. The van der Waals surface area contributed by atoms with Gasteiger partial charge in [0.2, 0.25) is 15.9 Å². The average Bonchev–Trinajstić information content (AvgIpc) is 3.04. The SMILES string of the molecule is Cc1ccc(C)c(N(CC(=O)NCCc2c[nH]c3ccccc23)S(C)(=O)=O)c1. The summed E-state index contributed by atoms with van der Waals surface area (Å²) < 4.78 is 25.7. The van der Waals surface area contributed by atoms with Crippen molar-refractivity contribution in [3.63, 3.8) is 0 Å². The van der Waals surface area contributed by atoms with Crippen molar-refractivity contribution in [3.8, 4) is 0 Å². The maximum atomic E-state index is 12.4. The Bertz CT molecular complexity index is 1100. The van der Waals surface area contributed by atoms with Crippen LogP contribution in [-0.4, -0.2) is 38.7 Å². The van der Waals surface area contributed by atoms with Gasteiger partial charge in [0.25, 0.3) is 0 Å². The number of carbonyl (C=O) groups is 1. The normalized spacial score (nSPS) is 11.5. The summed E-state index contributed by atoms with van der Waals surface area (Å²) in [5.41, 5.74) is 4.46. The van der Waals surface area contributed by atoms with Crippen molar-refractivity contribution < 1.29 is 13.2 Å². The number of aromatic amines is 1. The van der Waals surface area contributed by atoms with Gasteiger partial charge in [0, 0.05) is 23.6 Å². The minimum Gasteiger partial charge on any atom is -0.361 e. The van der Waals surface area contributed by atoms with Crippen molar-refractivity contribution in [2.75, 3.05) is 23.7 Å². The van der Waals surface area contributed by atoms with Gasteiger partial charge in [0.15, 0.2) is 0 Å². The highest BCUT2D eigenvalue weighted by Gasteiger charge is 2.22. The molecule has 0 aliphatic heterocycles. The molecule has 2 N–H and O–H groups in total. The fraction of sp³-hybridized carbons (Fsp3) is 0.286. The standard InChI is InChI=1S/C21H25N3O3S/c1-15-8-9-16(2)20(12-15)24(28(3,26)27)14-21(25)22-11-10-17-13-23-19-7-5-4-6-18(17)19/h4-9,12-13,23H,10-11,14H2,1-3H3,(H,22,25). The number of nitrogens with one attached hydrogen (secondary N) is 2. The number of rotatable bonds is 7. The molecule has 2 aromatic carbocycles. The van der Waals surface area contributed by atoms with Gasteiger partial charge in [-0.05, 0) is 49.1 Å². The van der Waals surface area contributed by atoms with E-state index in [0.29, 0.717) is 18.7 Å². The van der Waals surface area contributed by atoms with E-state index < -0.39 is 10.0 Å². The molecule has 7 heteroatoms. The van der Waals surface area contributed by atoms with Crippen LogP contribution in [0.25, 0.3) is 10.9 Å². The van der Waals surface area contributed by atoms with E-state index in [2.05, 4.69) is 10.3 Å². The first-order valence-electron chi connectivity index (χ1n) is 9.12. The number of hydrogen-bond acceptors (Lipinski definition) is 3. The molecule has 0 saturated carbocycles. The van der Waals surface area contributed by atoms with Gasteiger partial charge in [-0.25, -0.2) is 8.42 Å². The van der Waals surface area contributed by atoms with Crippen molar-refractivity contribution in [1.82, 2.24) is 10.3 Å². The van der Waals surface area contributed by atoms with E-state index in [4.69, 9.17) is 0 Å². The summed E-state index contributed by atoms with van der Waals surface area (Å²) in [6, 6.07) is 13.6. The molecule has 1 aromatic heterocycles. The van der Waals surface area contributed by atoms with E-state index in [1.807, 2.05) is 56.4 Å². The maximum absolute atomic E-state index is 12.4. The van der Waals surface area contributed by atoms with Gasteiger partial charge in [-0.1, -0.05) is 30.3 Å². The topological polar surface area (TPSA) is 82.3 Å². The van der Waals surface area contributed by atoms with Crippen molar-refractivity contribution in [1.29, 1.82) is 0 Å². The van der Waals surface area contributed by atoms with Crippen LogP contribution in [0.1, 0.15) is 16.7 Å². The number of fused-ring (bicyclic) bond motifs is 1. The molecule has 0 unspecified atom stereocenters. The molecule has 0 saturated heterocycles. The molecule has 0 atom stereocenters. The number of amides is 1. The lowest BCUT2D eigenvalue weighted by Crippen LogP contribution is -2.41. The van der Waals surface area contributed by atoms with Gasteiger partial charge >= 0.3 is 0 Å². The molecule has 3 aromatic rings.